The molecule has 0 saturated heterocycles. The van der Waals surface area contributed by atoms with Gasteiger partial charge in [0.1, 0.15) is 4.21 Å². The lowest BCUT2D eigenvalue weighted by molar-refractivity contribution is 0.597. The van der Waals surface area contributed by atoms with Crippen LogP contribution in [0.15, 0.2) is 33.4 Å². The molecule has 0 aliphatic rings. The molecule has 0 radical (unpaired) electrons. The van der Waals surface area contributed by atoms with E-state index < -0.39 is 9.84 Å². The summed E-state index contributed by atoms with van der Waals surface area (Å²) < 4.78 is 24.7. The molecular weight excluding hydrogens is 258 g/mol. The lowest BCUT2D eigenvalue weighted by atomic mass is 10.3. The Hall–Kier alpha value is -1.60. The molecule has 0 bridgehead atoms. The highest BCUT2D eigenvalue weighted by Gasteiger charge is 2.23. The van der Waals surface area contributed by atoms with E-state index >= 15 is 0 Å². The van der Waals surface area contributed by atoms with E-state index in [0.717, 1.165) is 11.3 Å². The first-order valence-electron chi connectivity index (χ1n) is 4.75. The highest BCUT2D eigenvalue weighted by molar-refractivity contribution is 7.93. The Kier molecular flexibility index (Phi) is 2.80. The zero-order chi connectivity index (χ0) is 12.6. The second kappa shape index (κ2) is 4.01. The van der Waals surface area contributed by atoms with Crippen LogP contribution in [0.3, 0.4) is 0 Å². The Morgan fingerprint density at radius 2 is 1.76 bits per heavy atom. The maximum atomic E-state index is 12.3. The third-order valence-electron chi connectivity index (χ3n) is 2.21. The van der Waals surface area contributed by atoms with Crippen molar-refractivity contribution in [2.24, 2.45) is 0 Å². The monoisotopic (exact) mass is 269 g/mol. The second-order valence-electron chi connectivity index (χ2n) is 3.50. The van der Waals surface area contributed by atoms with Crippen molar-refractivity contribution in [3.8, 4) is 0 Å². The average Bonchev–Trinajstić information content (AvgIpc) is 2.59. The van der Waals surface area contributed by atoms with Crippen LogP contribution in [0.4, 0.5) is 10.8 Å². The lowest BCUT2D eigenvalue weighted by Gasteiger charge is -2.02. The van der Waals surface area contributed by atoms with E-state index in [1.165, 1.54) is 12.1 Å². The van der Waals surface area contributed by atoms with E-state index in [4.69, 9.17) is 11.5 Å². The van der Waals surface area contributed by atoms with Gasteiger partial charge in [-0.3, -0.25) is 0 Å². The molecule has 1 aromatic heterocycles. The van der Waals surface area contributed by atoms with Gasteiger partial charge in [0.05, 0.1) is 10.6 Å². The summed E-state index contributed by atoms with van der Waals surface area (Å²) in [5.41, 5.74) is 12.0. The van der Waals surface area contributed by atoms with Crippen LogP contribution in [0.25, 0.3) is 0 Å². The molecule has 0 amide bonds. The van der Waals surface area contributed by atoms with Crippen LogP contribution in [0.1, 0.15) is 5.69 Å². The summed E-state index contributed by atoms with van der Waals surface area (Å²) in [6.45, 7) is 1.62. The van der Waals surface area contributed by atoms with Crippen LogP contribution in [0.5, 0.6) is 0 Å². The molecule has 0 aliphatic carbocycles. The number of hydrogen-bond donors (Lipinski definition) is 2. The topological polar surface area (TPSA) is 99.1 Å². The van der Waals surface area contributed by atoms with Crippen molar-refractivity contribution in [2.75, 3.05) is 11.5 Å². The summed E-state index contributed by atoms with van der Waals surface area (Å²) in [6, 6.07) is 6.04. The smallest absolute Gasteiger partial charge is 0.217 e. The summed E-state index contributed by atoms with van der Waals surface area (Å²) in [7, 11) is -3.55. The molecular formula is C10H11N3O2S2. The van der Waals surface area contributed by atoms with Gasteiger partial charge in [0, 0.05) is 5.69 Å². The van der Waals surface area contributed by atoms with Crippen molar-refractivity contribution in [3.05, 3.63) is 30.0 Å². The number of benzene rings is 1. The van der Waals surface area contributed by atoms with E-state index in [9.17, 15) is 8.42 Å². The van der Waals surface area contributed by atoms with Crippen LogP contribution in [-0.4, -0.2) is 13.4 Å². The zero-order valence-corrected chi connectivity index (χ0v) is 10.7. The first-order chi connectivity index (χ1) is 7.91. The molecule has 2 aromatic rings. The quantitative estimate of drug-likeness (QED) is 0.804. The molecule has 5 nitrogen and oxygen atoms in total. The number of aryl methyl sites for hydroxylation is 1. The lowest BCUT2D eigenvalue weighted by Crippen LogP contribution is -2.01. The molecule has 0 fully saturated rings. The molecule has 2 rings (SSSR count). The summed E-state index contributed by atoms with van der Waals surface area (Å²) in [5, 5.41) is 0.247. The van der Waals surface area contributed by atoms with Crippen molar-refractivity contribution in [1.29, 1.82) is 0 Å². The number of nitrogens with zero attached hydrogens (tertiary/aromatic N) is 1. The van der Waals surface area contributed by atoms with Crippen LogP contribution in [-0.2, 0) is 9.84 Å². The standard InChI is InChI=1S/C10H11N3O2S2/c1-6-9(16-10(12)13-6)17(14,15)8-4-2-7(11)3-5-8/h2-5H,11H2,1H3,(H2,12,13). The van der Waals surface area contributed by atoms with E-state index in [1.54, 1.807) is 19.1 Å². The molecule has 0 spiro atoms. The second-order valence-corrected chi connectivity index (χ2v) is 6.67. The van der Waals surface area contributed by atoms with Gasteiger partial charge in [-0.1, -0.05) is 11.3 Å². The van der Waals surface area contributed by atoms with Crippen LogP contribution >= 0.6 is 11.3 Å². The number of hydrogen-bond acceptors (Lipinski definition) is 6. The highest BCUT2D eigenvalue weighted by Crippen LogP contribution is 2.30. The third kappa shape index (κ3) is 2.11. The highest BCUT2D eigenvalue weighted by atomic mass is 32.2. The predicted molar refractivity (Wildman–Crippen MR) is 67.6 cm³/mol. The van der Waals surface area contributed by atoms with E-state index in [-0.39, 0.29) is 14.2 Å². The van der Waals surface area contributed by atoms with Crippen molar-refractivity contribution in [3.63, 3.8) is 0 Å². The van der Waals surface area contributed by atoms with Gasteiger partial charge in [0.2, 0.25) is 9.84 Å². The first-order valence-corrected chi connectivity index (χ1v) is 7.05. The molecule has 90 valence electrons. The molecule has 17 heavy (non-hydrogen) atoms. The first kappa shape index (κ1) is 11.9. The fraction of sp³-hybridized carbons (Fsp3) is 0.100. The Morgan fingerprint density at radius 3 is 2.24 bits per heavy atom. The number of nitrogens with two attached hydrogens (primary N) is 2. The van der Waals surface area contributed by atoms with E-state index in [0.29, 0.717) is 11.4 Å². The summed E-state index contributed by atoms with van der Waals surface area (Å²) in [6.07, 6.45) is 0. The molecule has 1 heterocycles. The normalized spacial score (nSPS) is 11.6. The predicted octanol–water partition coefficient (Wildman–Crippen LogP) is 1.45. The summed E-state index contributed by atoms with van der Waals surface area (Å²) in [5.74, 6) is 0. The SMILES string of the molecule is Cc1nc(N)sc1S(=O)(=O)c1ccc(N)cc1. The summed E-state index contributed by atoms with van der Waals surface area (Å²) >= 11 is 0.968. The molecule has 0 atom stereocenters. The van der Waals surface area contributed by atoms with Gasteiger partial charge in [-0.05, 0) is 31.2 Å². The molecule has 4 N–H and O–H groups in total. The Balaban J connectivity index is 2.57. The number of sulfone groups is 1. The van der Waals surface area contributed by atoms with Gasteiger partial charge in [0.15, 0.2) is 5.13 Å². The van der Waals surface area contributed by atoms with Crippen molar-refractivity contribution >= 4 is 32.0 Å². The van der Waals surface area contributed by atoms with Crippen molar-refractivity contribution in [2.45, 2.75) is 16.0 Å². The largest absolute Gasteiger partial charge is 0.399 e. The van der Waals surface area contributed by atoms with Gasteiger partial charge < -0.3 is 11.5 Å². The Labute approximate surface area is 103 Å². The van der Waals surface area contributed by atoms with Gasteiger partial charge in [-0.25, -0.2) is 13.4 Å². The Bertz CT molecular complexity index is 645. The molecule has 7 heteroatoms. The van der Waals surface area contributed by atoms with Gasteiger partial charge >= 0.3 is 0 Å². The van der Waals surface area contributed by atoms with E-state index in [2.05, 4.69) is 4.98 Å². The van der Waals surface area contributed by atoms with Crippen molar-refractivity contribution in [1.82, 2.24) is 4.98 Å². The van der Waals surface area contributed by atoms with Crippen LogP contribution in [0, 0.1) is 6.92 Å². The number of thiazole rings is 1. The average molecular weight is 269 g/mol. The van der Waals surface area contributed by atoms with Crippen LogP contribution in [0.2, 0.25) is 0 Å². The molecule has 0 unspecified atom stereocenters. The minimum absolute atomic E-state index is 0.180. The molecule has 1 aromatic carbocycles. The molecule has 0 aliphatic heterocycles. The fourth-order valence-corrected chi connectivity index (χ4v) is 4.10. The molecule has 0 saturated carbocycles. The van der Waals surface area contributed by atoms with Crippen molar-refractivity contribution < 1.29 is 8.42 Å². The third-order valence-corrected chi connectivity index (χ3v) is 5.57. The number of nitrogen functional groups attached to an aromatic ring is 2. The van der Waals surface area contributed by atoms with Crippen LogP contribution < -0.4 is 11.5 Å². The maximum Gasteiger partial charge on any atom is 0.217 e. The number of anilines is 2. The van der Waals surface area contributed by atoms with Gasteiger partial charge in [-0.15, -0.1) is 0 Å². The zero-order valence-electron chi connectivity index (χ0n) is 9.04. The van der Waals surface area contributed by atoms with Gasteiger partial charge in [-0.2, -0.15) is 0 Å². The number of aromatic nitrogens is 1. The van der Waals surface area contributed by atoms with E-state index in [1.807, 2.05) is 0 Å². The fourth-order valence-electron chi connectivity index (χ4n) is 1.41. The minimum Gasteiger partial charge on any atom is -0.399 e. The number of rotatable bonds is 2. The summed E-state index contributed by atoms with van der Waals surface area (Å²) in [4.78, 5) is 4.11. The maximum absolute atomic E-state index is 12.3. The minimum atomic E-state index is -3.55. The van der Waals surface area contributed by atoms with Gasteiger partial charge in [0.25, 0.3) is 0 Å². The Morgan fingerprint density at radius 1 is 1.18 bits per heavy atom.